The van der Waals surface area contributed by atoms with Crippen molar-refractivity contribution in [2.45, 2.75) is 20.0 Å². The van der Waals surface area contributed by atoms with Crippen molar-refractivity contribution in [1.82, 2.24) is 15.1 Å². The summed E-state index contributed by atoms with van der Waals surface area (Å²) < 4.78 is 1.99. The average molecular weight is 346 g/mol. The van der Waals surface area contributed by atoms with Gasteiger partial charge in [0.1, 0.15) is 0 Å². The molecule has 1 aromatic heterocycles. The van der Waals surface area contributed by atoms with Gasteiger partial charge in [-0.25, -0.2) is 0 Å². The van der Waals surface area contributed by atoms with Gasteiger partial charge in [-0.1, -0.05) is 42.5 Å². The molecule has 0 aliphatic carbocycles. The lowest BCUT2D eigenvalue weighted by molar-refractivity contribution is 0.0958. The van der Waals surface area contributed by atoms with Crippen molar-refractivity contribution in [3.63, 3.8) is 0 Å². The number of hydrogen-bond acceptors (Lipinski definition) is 3. The number of aromatic nitrogens is 2. The van der Waals surface area contributed by atoms with E-state index in [0.717, 1.165) is 36.6 Å². The second kappa shape index (κ2) is 7.04. The molecule has 3 aromatic rings. The Hall–Kier alpha value is -3.08. The summed E-state index contributed by atoms with van der Waals surface area (Å²) in [6.07, 6.45) is 2.12. The summed E-state index contributed by atoms with van der Waals surface area (Å²) in [6.45, 7) is 4.98. The largest absolute Gasteiger partial charge is 0.365 e. The quantitative estimate of drug-likeness (QED) is 0.790. The number of rotatable bonds is 4. The molecule has 0 saturated heterocycles. The van der Waals surface area contributed by atoms with Crippen molar-refractivity contribution in [1.29, 1.82) is 0 Å². The maximum Gasteiger partial charge on any atom is 0.253 e. The van der Waals surface area contributed by atoms with Crippen molar-refractivity contribution < 1.29 is 4.79 Å². The van der Waals surface area contributed by atoms with Gasteiger partial charge in [-0.05, 0) is 24.6 Å². The zero-order valence-corrected chi connectivity index (χ0v) is 14.9. The first-order chi connectivity index (χ1) is 12.7. The normalized spacial score (nSPS) is 13.9. The van der Waals surface area contributed by atoms with Crippen LogP contribution < -0.4 is 10.2 Å². The molecular formula is C21H22N4O. The molecule has 0 fully saturated rings. The fourth-order valence-corrected chi connectivity index (χ4v) is 3.40. The highest BCUT2D eigenvalue weighted by Gasteiger charge is 2.21. The Labute approximate surface area is 153 Å². The summed E-state index contributed by atoms with van der Waals surface area (Å²) in [5.74, 6) is -0.000375. The Kier molecular flexibility index (Phi) is 4.44. The molecule has 1 aliphatic heterocycles. The average Bonchev–Trinajstić information content (AvgIpc) is 2.91. The SMILES string of the molecule is Cc1nn(Cc2ccccc2)cc1CN1CCNC(=O)c2ccccc21. The molecule has 0 spiro atoms. The van der Waals surface area contributed by atoms with Gasteiger partial charge in [-0.15, -0.1) is 0 Å². The van der Waals surface area contributed by atoms with Gasteiger partial charge in [0.15, 0.2) is 0 Å². The number of nitrogens with one attached hydrogen (secondary N) is 1. The number of nitrogens with zero attached hydrogens (tertiary/aromatic N) is 3. The van der Waals surface area contributed by atoms with Crippen LogP contribution >= 0.6 is 0 Å². The number of para-hydroxylation sites is 1. The molecule has 1 N–H and O–H groups in total. The Morgan fingerprint density at radius 2 is 1.81 bits per heavy atom. The van der Waals surface area contributed by atoms with Crippen molar-refractivity contribution in [3.8, 4) is 0 Å². The van der Waals surface area contributed by atoms with E-state index in [1.54, 1.807) is 0 Å². The first-order valence-electron chi connectivity index (χ1n) is 8.90. The maximum absolute atomic E-state index is 12.2. The van der Waals surface area contributed by atoms with Crippen molar-refractivity contribution in [3.05, 3.63) is 83.2 Å². The molecule has 2 heterocycles. The predicted octanol–water partition coefficient (Wildman–Crippen LogP) is 2.99. The van der Waals surface area contributed by atoms with Crippen LogP contribution in [0.1, 0.15) is 27.2 Å². The van der Waals surface area contributed by atoms with Crippen LogP contribution in [0.25, 0.3) is 0 Å². The first-order valence-corrected chi connectivity index (χ1v) is 8.90. The monoisotopic (exact) mass is 346 g/mol. The summed E-state index contributed by atoms with van der Waals surface area (Å²) in [6, 6.07) is 18.1. The minimum atomic E-state index is -0.000375. The van der Waals surface area contributed by atoms with Crippen LogP contribution in [-0.4, -0.2) is 28.8 Å². The van der Waals surface area contributed by atoms with E-state index in [1.165, 1.54) is 11.1 Å². The molecule has 4 rings (SSSR count). The molecule has 1 aliphatic rings. The highest BCUT2D eigenvalue weighted by molar-refractivity contribution is 6.00. The van der Waals surface area contributed by atoms with E-state index in [0.29, 0.717) is 6.54 Å². The van der Waals surface area contributed by atoms with Gasteiger partial charge >= 0.3 is 0 Å². The molecule has 0 unspecified atom stereocenters. The van der Waals surface area contributed by atoms with Crippen LogP contribution in [0, 0.1) is 6.92 Å². The molecule has 132 valence electrons. The van der Waals surface area contributed by atoms with Gasteiger partial charge < -0.3 is 10.2 Å². The second-order valence-corrected chi connectivity index (χ2v) is 6.62. The van der Waals surface area contributed by atoms with E-state index in [1.807, 2.05) is 54.1 Å². The summed E-state index contributed by atoms with van der Waals surface area (Å²) in [5, 5.41) is 7.64. The smallest absolute Gasteiger partial charge is 0.253 e. The van der Waals surface area contributed by atoms with Gasteiger partial charge in [0.05, 0.1) is 17.8 Å². The topological polar surface area (TPSA) is 50.2 Å². The summed E-state index contributed by atoms with van der Waals surface area (Å²) in [5.41, 5.74) is 5.17. The number of amides is 1. The third kappa shape index (κ3) is 3.33. The molecule has 0 bridgehead atoms. The van der Waals surface area contributed by atoms with Crippen LogP contribution in [0.5, 0.6) is 0 Å². The van der Waals surface area contributed by atoms with E-state index in [2.05, 4.69) is 33.6 Å². The fourth-order valence-electron chi connectivity index (χ4n) is 3.40. The molecule has 0 radical (unpaired) electrons. The number of anilines is 1. The van der Waals surface area contributed by atoms with Crippen molar-refractivity contribution >= 4 is 11.6 Å². The zero-order valence-electron chi connectivity index (χ0n) is 14.9. The van der Waals surface area contributed by atoms with Crippen LogP contribution in [0.3, 0.4) is 0 Å². The third-order valence-electron chi connectivity index (χ3n) is 4.75. The van der Waals surface area contributed by atoms with Crippen molar-refractivity contribution in [2.24, 2.45) is 0 Å². The van der Waals surface area contributed by atoms with E-state index in [-0.39, 0.29) is 5.91 Å². The number of carbonyl (C=O) groups is 1. The summed E-state index contributed by atoms with van der Waals surface area (Å²) >= 11 is 0. The van der Waals surface area contributed by atoms with Crippen LogP contribution in [0.4, 0.5) is 5.69 Å². The number of hydrogen-bond donors (Lipinski definition) is 1. The van der Waals surface area contributed by atoms with Gasteiger partial charge in [0.2, 0.25) is 0 Å². The van der Waals surface area contributed by atoms with Gasteiger partial charge in [-0.2, -0.15) is 5.10 Å². The Bertz CT molecular complexity index is 917. The number of carbonyl (C=O) groups excluding carboxylic acids is 1. The maximum atomic E-state index is 12.2. The Balaban J connectivity index is 1.57. The van der Waals surface area contributed by atoms with Gasteiger partial charge in [0.25, 0.3) is 5.91 Å². The minimum Gasteiger partial charge on any atom is -0.365 e. The van der Waals surface area contributed by atoms with E-state index in [4.69, 9.17) is 0 Å². The molecule has 2 aromatic carbocycles. The van der Waals surface area contributed by atoms with Crippen molar-refractivity contribution in [2.75, 3.05) is 18.0 Å². The Morgan fingerprint density at radius 1 is 1.04 bits per heavy atom. The molecule has 5 heteroatoms. The minimum absolute atomic E-state index is 0.000375. The van der Waals surface area contributed by atoms with Gasteiger partial charge in [-0.3, -0.25) is 9.48 Å². The highest BCUT2D eigenvalue weighted by atomic mass is 16.1. The lowest BCUT2D eigenvalue weighted by Crippen LogP contribution is -2.29. The zero-order chi connectivity index (χ0) is 17.9. The molecule has 26 heavy (non-hydrogen) atoms. The predicted molar refractivity (Wildman–Crippen MR) is 102 cm³/mol. The summed E-state index contributed by atoms with van der Waals surface area (Å²) in [7, 11) is 0. The van der Waals surface area contributed by atoms with Crippen LogP contribution in [0.2, 0.25) is 0 Å². The summed E-state index contributed by atoms with van der Waals surface area (Å²) in [4.78, 5) is 14.5. The third-order valence-corrected chi connectivity index (χ3v) is 4.75. The van der Waals surface area contributed by atoms with E-state index in [9.17, 15) is 4.79 Å². The lowest BCUT2D eigenvalue weighted by atomic mass is 10.1. The molecular weight excluding hydrogens is 324 g/mol. The Morgan fingerprint density at radius 3 is 2.65 bits per heavy atom. The molecule has 5 nitrogen and oxygen atoms in total. The standard InChI is InChI=1S/C21H22N4O/c1-16-18(15-25(23-16)13-17-7-3-2-4-8-17)14-24-12-11-22-21(26)19-9-5-6-10-20(19)24/h2-10,15H,11-14H2,1H3,(H,22,26). The van der Waals surface area contributed by atoms with Gasteiger partial charge in [0, 0.05) is 37.1 Å². The number of fused-ring (bicyclic) bond motifs is 1. The fraction of sp³-hybridized carbons (Fsp3) is 0.238. The van der Waals surface area contributed by atoms with E-state index < -0.39 is 0 Å². The number of aryl methyl sites for hydroxylation is 1. The van der Waals surface area contributed by atoms with Crippen LogP contribution in [0.15, 0.2) is 60.8 Å². The molecule has 0 saturated carbocycles. The van der Waals surface area contributed by atoms with Crippen LogP contribution in [-0.2, 0) is 13.1 Å². The number of benzene rings is 2. The molecule has 1 amide bonds. The van der Waals surface area contributed by atoms with E-state index >= 15 is 0 Å². The highest BCUT2D eigenvalue weighted by Crippen LogP contribution is 2.24. The molecule has 0 atom stereocenters. The second-order valence-electron chi connectivity index (χ2n) is 6.62. The lowest BCUT2D eigenvalue weighted by Gasteiger charge is -2.23. The first kappa shape index (κ1) is 16.4.